The van der Waals surface area contributed by atoms with E-state index in [0.29, 0.717) is 12.5 Å². The van der Waals surface area contributed by atoms with Crippen molar-refractivity contribution < 1.29 is 9.59 Å². The number of amides is 2. The lowest BCUT2D eigenvalue weighted by atomic mass is 9.72. The highest BCUT2D eigenvalue weighted by Crippen LogP contribution is 2.40. The molecule has 1 aliphatic carbocycles. The fourth-order valence-corrected chi connectivity index (χ4v) is 7.83. The largest absolute Gasteiger partial charge is 0.354 e. The lowest BCUT2D eigenvalue weighted by molar-refractivity contribution is 0.0681. The molecule has 0 aromatic carbocycles. The molecule has 2 aromatic heterocycles. The number of carbonyl (C=O) groups is 2. The van der Waals surface area contributed by atoms with E-state index < -0.39 is 0 Å². The molecule has 0 atom stereocenters. The number of hydrogen-bond acceptors (Lipinski definition) is 5. The van der Waals surface area contributed by atoms with Crippen LogP contribution in [0.3, 0.4) is 0 Å². The molecule has 2 aromatic rings. The van der Waals surface area contributed by atoms with Crippen LogP contribution in [0.1, 0.15) is 122 Å². The average Bonchev–Trinajstić information content (AvgIpc) is 3.46. The van der Waals surface area contributed by atoms with Crippen LogP contribution in [-0.2, 0) is 12.0 Å². The Balaban J connectivity index is 1.04. The molecular formula is C33H49N5O2S. The van der Waals surface area contributed by atoms with Crippen LogP contribution in [0.4, 0.5) is 0 Å². The van der Waals surface area contributed by atoms with Gasteiger partial charge in [0.15, 0.2) is 0 Å². The van der Waals surface area contributed by atoms with Gasteiger partial charge in [0.25, 0.3) is 11.8 Å². The van der Waals surface area contributed by atoms with E-state index in [2.05, 4.69) is 26.7 Å². The first-order valence-electron chi connectivity index (χ1n) is 16.1. The molecule has 7 nitrogen and oxygen atoms in total. The Morgan fingerprint density at radius 1 is 1.07 bits per heavy atom. The second-order valence-electron chi connectivity index (χ2n) is 12.5. The third kappa shape index (κ3) is 7.56. The van der Waals surface area contributed by atoms with Crippen molar-refractivity contribution in [3.05, 3.63) is 46.9 Å². The zero-order valence-corrected chi connectivity index (χ0v) is 25.8. The van der Waals surface area contributed by atoms with E-state index >= 15 is 0 Å². The molecular weight excluding hydrogens is 530 g/mol. The summed E-state index contributed by atoms with van der Waals surface area (Å²) in [7, 11) is 0. The maximum atomic E-state index is 13.1. The van der Waals surface area contributed by atoms with E-state index in [1.165, 1.54) is 80.8 Å². The molecule has 1 saturated carbocycles. The summed E-state index contributed by atoms with van der Waals surface area (Å²) in [6.07, 6.45) is 20.8. The summed E-state index contributed by atoms with van der Waals surface area (Å²) in [5, 5.41) is 7.66. The Bertz CT molecular complexity index is 1150. The summed E-state index contributed by atoms with van der Waals surface area (Å²) in [6, 6.07) is 5.83. The number of nitrogens with one attached hydrogen (secondary N) is 3. The van der Waals surface area contributed by atoms with Crippen molar-refractivity contribution in [3.63, 3.8) is 0 Å². The Hall–Kier alpha value is -2.32. The number of thioether (sulfide) groups is 1. The second kappa shape index (κ2) is 14.7. The first-order chi connectivity index (χ1) is 20.1. The van der Waals surface area contributed by atoms with E-state index in [4.69, 9.17) is 0 Å². The van der Waals surface area contributed by atoms with Crippen LogP contribution in [0.2, 0.25) is 0 Å². The van der Waals surface area contributed by atoms with Gasteiger partial charge in [-0.05, 0) is 68.0 Å². The van der Waals surface area contributed by atoms with Gasteiger partial charge in [-0.3, -0.25) is 9.59 Å². The molecule has 5 rings (SSSR count). The topological polar surface area (TPSA) is 90.1 Å². The van der Waals surface area contributed by atoms with Gasteiger partial charge in [-0.15, -0.1) is 11.8 Å². The first-order valence-corrected chi connectivity index (χ1v) is 17.3. The molecule has 224 valence electrons. The fourth-order valence-electron chi connectivity index (χ4n) is 7.29. The van der Waals surface area contributed by atoms with Gasteiger partial charge in [0, 0.05) is 50.0 Å². The molecule has 2 aliphatic heterocycles. The second-order valence-corrected chi connectivity index (χ2v) is 13.3. The smallest absolute Gasteiger partial charge is 0.267 e. The highest BCUT2D eigenvalue weighted by atomic mass is 32.2. The van der Waals surface area contributed by atoms with Crippen LogP contribution < -0.4 is 10.6 Å². The SMILES string of the molecule is CSc1ncccc1C(=O)N1CCC(CCCCNC(=O)c2cc3c([nH]2)C2(CCCCCCCCC2)CNC3)CC1. The Morgan fingerprint density at radius 3 is 2.54 bits per heavy atom. The van der Waals surface area contributed by atoms with Crippen molar-refractivity contribution in [2.75, 3.05) is 32.4 Å². The molecule has 4 heterocycles. The summed E-state index contributed by atoms with van der Waals surface area (Å²) in [4.78, 5) is 36.0. The summed E-state index contributed by atoms with van der Waals surface area (Å²) < 4.78 is 0. The van der Waals surface area contributed by atoms with E-state index in [-0.39, 0.29) is 17.2 Å². The Morgan fingerprint density at radius 2 is 1.80 bits per heavy atom. The number of piperidine rings is 1. The summed E-state index contributed by atoms with van der Waals surface area (Å²) in [6.45, 7) is 4.22. The zero-order chi connectivity index (χ0) is 28.5. The minimum atomic E-state index is 0.0289. The third-order valence-electron chi connectivity index (χ3n) is 9.69. The predicted molar refractivity (Wildman–Crippen MR) is 167 cm³/mol. The third-order valence-corrected chi connectivity index (χ3v) is 10.4. The van der Waals surface area contributed by atoms with Gasteiger partial charge in [-0.25, -0.2) is 4.98 Å². The molecule has 0 radical (unpaired) electrons. The number of aromatic nitrogens is 2. The quantitative estimate of drug-likeness (QED) is 0.247. The van der Waals surface area contributed by atoms with Crippen LogP contribution in [0.15, 0.2) is 29.4 Å². The van der Waals surface area contributed by atoms with Crippen LogP contribution in [0.5, 0.6) is 0 Å². The van der Waals surface area contributed by atoms with E-state index in [1.54, 1.807) is 6.20 Å². The predicted octanol–water partition coefficient (Wildman–Crippen LogP) is 6.45. The lowest BCUT2D eigenvalue weighted by Crippen LogP contribution is -2.43. The van der Waals surface area contributed by atoms with Gasteiger partial charge in [-0.2, -0.15) is 0 Å². The van der Waals surface area contributed by atoms with Gasteiger partial charge in [0.2, 0.25) is 0 Å². The van der Waals surface area contributed by atoms with Crippen LogP contribution in [0.25, 0.3) is 0 Å². The highest BCUT2D eigenvalue weighted by molar-refractivity contribution is 7.98. The highest BCUT2D eigenvalue weighted by Gasteiger charge is 2.38. The molecule has 0 bridgehead atoms. The maximum absolute atomic E-state index is 13.1. The maximum Gasteiger partial charge on any atom is 0.267 e. The van der Waals surface area contributed by atoms with Gasteiger partial charge >= 0.3 is 0 Å². The number of fused-ring (bicyclic) bond motifs is 2. The number of pyridine rings is 1. The monoisotopic (exact) mass is 579 g/mol. The van der Waals surface area contributed by atoms with Gasteiger partial charge < -0.3 is 20.5 Å². The Labute approximate surface area is 250 Å². The van der Waals surface area contributed by atoms with Crippen molar-refractivity contribution >= 4 is 23.6 Å². The zero-order valence-electron chi connectivity index (χ0n) is 24.9. The number of likely N-dealkylation sites (tertiary alicyclic amines) is 1. The number of rotatable bonds is 8. The van der Waals surface area contributed by atoms with E-state index in [1.807, 2.05) is 23.3 Å². The molecule has 3 N–H and O–H groups in total. The number of carbonyl (C=O) groups excluding carboxylic acids is 2. The van der Waals surface area contributed by atoms with E-state index in [9.17, 15) is 9.59 Å². The molecule has 3 aliphatic rings. The first kappa shape index (κ1) is 30.1. The molecule has 2 fully saturated rings. The van der Waals surface area contributed by atoms with Gasteiger partial charge in [0.05, 0.1) is 5.56 Å². The lowest BCUT2D eigenvalue weighted by Gasteiger charge is -2.38. The summed E-state index contributed by atoms with van der Waals surface area (Å²) in [5.74, 6) is 0.790. The molecule has 1 saturated heterocycles. The van der Waals surface area contributed by atoms with Crippen molar-refractivity contribution in [2.24, 2.45) is 5.92 Å². The molecule has 8 heteroatoms. The molecule has 0 unspecified atom stereocenters. The van der Waals surface area contributed by atoms with Crippen LogP contribution in [-0.4, -0.2) is 59.1 Å². The molecule has 2 amide bonds. The number of unbranched alkanes of at least 4 members (excludes halogenated alkanes) is 1. The van der Waals surface area contributed by atoms with Crippen molar-refractivity contribution in [1.82, 2.24) is 25.5 Å². The van der Waals surface area contributed by atoms with Gasteiger partial charge in [-0.1, -0.05) is 57.8 Å². The standard InChI is InChI=1S/C33H49N5O2S/c1-41-31-27(13-11-19-36-31)32(40)38-20-14-25(15-21-38)12-7-10-18-35-30(39)28-22-26-23-34-24-33(29(26)37-28)16-8-5-3-2-4-6-9-17-33/h11,13,19,22,25,34,37H,2-10,12,14-18,20-21,23-24H2,1H3,(H,35,39). The number of aromatic amines is 1. The van der Waals surface area contributed by atoms with Crippen LogP contribution >= 0.6 is 11.8 Å². The number of H-pyrrole nitrogens is 1. The molecule has 1 spiro atoms. The molecule has 41 heavy (non-hydrogen) atoms. The number of nitrogens with zero attached hydrogens (tertiary/aromatic N) is 2. The van der Waals surface area contributed by atoms with E-state index in [0.717, 1.165) is 74.6 Å². The Kier molecular flexibility index (Phi) is 10.8. The minimum Gasteiger partial charge on any atom is -0.354 e. The van der Waals surface area contributed by atoms with Crippen molar-refractivity contribution in [2.45, 2.75) is 107 Å². The van der Waals surface area contributed by atoms with Crippen molar-refractivity contribution in [3.8, 4) is 0 Å². The van der Waals surface area contributed by atoms with Gasteiger partial charge in [0.1, 0.15) is 10.7 Å². The normalized spacial score (nSPS) is 20.0. The number of hydrogen-bond donors (Lipinski definition) is 3. The average molecular weight is 580 g/mol. The summed E-state index contributed by atoms with van der Waals surface area (Å²) in [5.41, 5.74) is 4.22. The summed E-state index contributed by atoms with van der Waals surface area (Å²) >= 11 is 1.53. The van der Waals surface area contributed by atoms with Crippen LogP contribution in [0, 0.1) is 5.92 Å². The fraction of sp³-hybridized carbons (Fsp3) is 0.667. The van der Waals surface area contributed by atoms with Crippen molar-refractivity contribution in [1.29, 1.82) is 0 Å². The minimum absolute atomic E-state index is 0.0289.